The molecule has 0 aliphatic carbocycles. The van der Waals surface area contributed by atoms with Gasteiger partial charge in [0, 0.05) is 5.56 Å². The van der Waals surface area contributed by atoms with Gasteiger partial charge in [-0.05, 0) is 35.0 Å². The highest BCUT2D eigenvalue weighted by atomic mass is 32.2. The summed E-state index contributed by atoms with van der Waals surface area (Å²) in [5, 5.41) is 11.9. The Kier molecular flexibility index (Phi) is 3.50. The summed E-state index contributed by atoms with van der Waals surface area (Å²) in [4.78, 5) is 22.9. The van der Waals surface area contributed by atoms with Crippen molar-refractivity contribution in [1.82, 2.24) is 5.32 Å². The van der Waals surface area contributed by atoms with Crippen LogP contribution in [0.15, 0.2) is 53.4 Å². The van der Waals surface area contributed by atoms with Crippen LogP contribution in [0.2, 0.25) is 0 Å². The zero-order valence-electron chi connectivity index (χ0n) is 10.9. The number of nitrogens with one attached hydrogen (secondary N) is 1. The molecule has 2 N–H and O–H groups in total. The predicted octanol–water partition coefficient (Wildman–Crippen LogP) is 3.38. The molecule has 104 valence electrons. The molecule has 2 amide bonds. The van der Waals surface area contributed by atoms with Crippen molar-refractivity contribution < 1.29 is 14.7 Å². The molecule has 0 unspecified atom stereocenters. The number of hydrogen-bond donors (Lipinski definition) is 2. The molecule has 0 aromatic heterocycles. The van der Waals surface area contributed by atoms with E-state index in [9.17, 15) is 14.7 Å². The second-order valence-electron chi connectivity index (χ2n) is 4.49. The molecule has 1 aliphatic rings. The average molecular weight is 297 g/mol. The Bertz CT molecular complexity index is 753. The lowest BCUT2D eigenvalue weighted by molar-refractivity contribution is -0.115. The monoisotopic (exact) mass is 297 g/mol. The van der Waals surface area contributed by atoms with E-state index in [2.05, 4.69) is 5.32 Å². The molecule has 1 fully saturated rings. The van der Waals surface area contributed by atoms with Crippen LogP contribution in [0.25, 0.3) is 17.2 Å². The first-order valence-electron chi connectivity index (χ1n) is 6.27. The Morgan fingerprint density at radius 3 is 2.38 bits per heavy atom. The Labute approximate surface area is 125 Å². The maximum atomic E-state index is 11.5. The van der Waals surface area contributed by atoms with Crippen LogP contribution in [0.3, 0.4) is 0 Å². The Morgan fingerprint density at radius 1 is 1.00 bits per heavy atom. The molecule has 0 spiro atoms. The second-order valence-corrected chi connectivity index (χ2v) is 5.51. The fourth-order valence-corrected chi connectivity index (χ4v) is 2.71. The number of hydrogen-bond acceptors (Lipinski definition) is 4. The molecule has 0 saturated carbocycles. The number of aromatic hydroxyl groups is 1. The lowest BCUT2D eigenvalue weighted by Gasteiger charge is -2.05. The third-order valence-electron chi connectivity index (χ3n) is 3.07. The van der Waals surface area contributed by atoms with Crippen LogP contribution in [0, 0.1) is 0 Å². The summed E-state index contributed by atoms with van der Waals surface area (Å²) in [6.45, 7) is 0. The van der Waals surface area contributed by atoms with E-state index in [1.165, 1.54) is 6.08 Å². The molecule has 21 heavy (non-hydrogen) atoms. The molecule has 2 aromatic carbocycles. The molecule has 1 saturated heterocycles. The number of phenols is 1. The van der Waals surface area contributed by atoms with Crippen molar-refractivity contribution in [3.05, 3.63) is 59.0 Å². The standard InChI is InChI=1S/C16H11NO3S/c18-13-8-11(10-4-2-1-3-5-10)6-7-12(13)9-14-15(19)17-16(20)21-14/h1-9,18H,(H,17,19,20)/b14-9+. The van der Waals surface area contributed by atoms with Crippen molar-refractivity contribution in [3.63, 3.8) is 0 Å². The molecule has 1 heterocycles. The average Bonchev–Trinajstić information content (AvgIpc) is 2.80. The van der Waals surface area contributed by atoms with Gasteiger partial charge in [-0.1, -0.05) is 42.5 Å². The maximum absolute atomic E-state index is 11.5. The minimum absolute atomic E-state index is 0.0663. The van der Waals surface area contributed by atoms with E-state index in [1.54, 1.807) is 12.1 Å². The van der Waals surface area contributed by atoms with E-state index in [1.807, 2.05) is 36.4 Å². The van der Waals surface area contributed by atoms with Crippen molar-refractivity contribution in [2.75, 3.05) is 0 Å². The van der Waals surface area contributed by atoms with Crippen LogP contribution in [-0.4, -0.2) is 16.3 Å². The highest BCUT2D eigenvalue weighted by Gasteiger charge is 2.25. The molecule has 1 aliphatic heterocycles. The van der Waals surface area contributed by atoms with Gasteiger partial charge in [0.15, 0.2) is 0 Å². The number of amides is 2. The van der Waals surface area contributed by atoms with Crippen LogP contribution < -0.4 is 5.32 Å². The topological polar surface area (TPSA) is 66.4 Å². The van der Waals surface area contributed by atoms with Gasteiger partial charge in [0.2, 0.25) is 0 Å². The number of rotatable bonds is 2. The summed E-state index contributed by atoms with van der Waals surface area (Å²) in [6, 6.07) is 14.9. The molecular formula is C16H11NO3S. The smallest absolute Gasteiger partial charge is 0.290 e. The van der Waals surface area contributed by atoms with E-state index in [0.717, 1.165) is 22.9 Å². The summed E-state index contributed by atoms with van der Waals surface area (Å²) in [5.41, 5.74) is 2.38. The Morgan fingerprint density at radius 2 is 1.76 bits per heavy atom. The van der Waals surface area contributed by atoms with Gasteiger partial charge in [0.25, 0.3) is 11.1 Å². The Balaban J connectivity index is 1.94. The van der Waals surface area contributed by atoms with Gasteiger partial charge in [0.05, 0.1) is 4.91 Å². The number of carbonyl (C=O) groups excluding carboxylic acids is 2. The Hall–Kier alpha value is -2.53. The van der Waals surface area contributed by atoms with E-state index in [0.29, 0.717) is 5.56 Å². The van der Waals surface area contributed by atoms with Crippen molar-refractivity contribution in [2.45, 2.75) is 0 Å². The zero-order chi connectivity index (χ0) is 14.8. The number of thioether (sulfide) groups is 1. The van der Waals surface area contributed by atoms with Gasteiger partial charge in [-0.3, -0.25) is 14.9 Å². The van der Waals surface area contributed by atoms with E-state index >= 15 is 0 Å². The van der Waals surface area contributed by atoms with Crippen LogP contribution in [0.5, 0.6) is 5.75 Å². The van der Waals surface area contributed by atoms with Gasteiger partial charge >= 0.3 is 0 Å². The van der Waals surface area contributed by atoms with Crippen LogP contribution in [0.1, 0.15) is 5.56 Å². The fourth-order valence-electron chi connectivity index (χ4n) is 2.04. The third-order valence-corrected chi connectivity index (χ3v) is 3.88. The van der Waals surface area contributed by atoms with Gasteiger partial charge in [-0.15, -0.1) is 0 Å². The number of benzene rings is 2. The molecule has 0 bridgehead atoms. The largest absolute Gasteiger partial charge is 0.507 e. The van der Waals surface area contributed by atoms with Crippen molar-refractivity contribution >= 4 is 29.0 Å². The van der Waals surface area contributed by atoms with Crippen molar-refractivity contribution in [2.24, 2.45) is 0 Å². The number of imide groups is 1. The molecule has 3 rings (SSSR count). The molecular weight excluding hydrogens is 286 g/mol. The first-order valence-corrected chi connectivity index (χ1v) is 7.08. The van der Waals surface area contributed by atoms with Gasteiger partial charge in [-0.25, -0.2) is 0 Å². The van der Waals surface area contributed by atoms with Crippen LogP contribution >= 0.6 is 11.8 Å². The van der Waals surface area contributed by atoms with E-state index in [-0.39, 0.29) is 10.7 Å². The summed E-state index contributed by atoms with van der Waals surface area (Å²) < 4.78 is 0. The highest BCUT2D eigenvalue weighted by molar-refractivity contribution is 8.18. The molecule has 4 nitrogen and oxygen atoms in total. The first-order chi connectivity index (χ1) is 10.1. The maximum Gasteiger partial charge on any atom is 0.290 e. The highest BCUT2D eigenvalue weighted by Crippen LogP contribution is 2.31. The second kappa shape index (κ2) is 5.46. The van der Waals surface area contributed by atoms with E-state index in [4.69, 9.17) is 0 Å². The third kappa shape index (κ3) is 2.83. The van der Waals surface area contributed by atoms with Crippen molar-refractivity contribution in [1.29, 1.82) is 0 Å². The van der Waals surface area contributed by atoms with Gasteiger partial charge in [0.1, 0.15) is 5.75 Å². The lowest BCUT2D eigenvalue weighted by Crippen LogP contribution is -2.17. The number of carbonyl (C=O) groups is 2. The molecule has 2 aromatic rings. The van der Waals surface area contributed by atoms with E-state index < -0.39 is 11.1 Å². The SMILES string of the molecule is O=C1NC(=O)/C(=C\c2ccc(-c3ccccc3)cc2O)S1. The van der Waals surface area contributed by atoms with Crippen LogP contribution in [0.4, 0.5) is 4.79 Å². The minimum atomic E-state index is -0.434. The normalized spacial score (nSPS) is 16.3. The predicted molar refractivity (Wildman–Crippen MR) is 82.6 cm³/mol. The zero-order valence-corrected chi connectivity index (χ0v) is 11.7. The summed E-state index contributed by atoms with van der Waals surface area (Å²) in [7, 11) is 0. The summed E-state index contributed by atoms with van der Waals surface area (Å²) in [6.07, 6.45) is 1.51. The first kappa shape index (κ1) is 13.5. The van der Waals surface area contributed by atoms with Crippen LogP contribution in [-0.2, 0) is 4.79 Å². The molecule has 0 radical (unpaired) electrons. The lowest BCUT2D eigenvalue weighted by atomic mass is 10.0. The minimum Gasteiger partial charge on any atom is -0.507 e. The quantitative estimate of drug-likeness (QED) is 0.834. The molecule has 5 heteroatoms. The summed E-state index contributed by atoms with van der Waals surface area (Å²) >= 11 is 0.828. The van der Waals surface area contributed by atoms with Gasteiger partial charge < -0.3 is 5.11 Å². The number of phenolic OH excluding ortho intramolecular Hbond substituents is 1. The van der Waals surface area contributed by atoms with Gasteiger partial charge in [-0.2, -0.15) is 0 Å². The fraction of sp³-hybridized carbons (Fsp3) is 0. The summed E-state index contributed by atoms with van der Waals surface area (Å²) in [5.74, 6) is -0.367. The van der Waals surface area contributed by atoms with Crippen molar-refractivity contribution in [3.8, 4) is 16.9 Å². The molecule has 0 atom stereocenters.